The van der Waals surface area contributed by atoms with Crippen molar-refractivity contribution in [3.8, 4) is 17.2 Å². The molecule has 2 aromatic carbocycles. The van der Waals surface area contributed by atoms with Crippen molar-refractivity contribution < 1.29 is 19.2 Å². The fraction of sp³-hybridized carbons (Fsp3) is 0.167. The molecule has 1 heterocycles. The lowest BCUT2D eigenvalue weighted by Crippen LogP contribution is -2.15. The summed E-state index contributed by atoms with van der Waals surface area (Å²) in [6.45, 7) is 1.71. The van der Waals surface area contributed by atoms with E-state index in [-0.39, 0.29) is 22.8 Å². The van der Waals surface area contributed by atoms with Gasteiger partial charge in [0, 0.05) is 12.1 Å². The van der Waals surface area contributed by atoms with Crippen LogP contribution in [0.15, 0.2) is 42.5 Å². The fourth-order valence-electron chi connectivity index (χ4n) is 2.60. The average molecular weight is 383 g/mol. The summed E-state index contributed by atoms with van der Waals surface area (Å²) in [7, 11) is 2.92. The maximum absolute atomic E-state index is 12.6. The average Bonchev–Trinajstić information content (AvgIpc) is 3.09. The highest BCUT2D eigenvalue weighted by Crippen LogP contribution is 2.29. The minimum atomic E-state index is -0.544. The van der Waals surface area contributed by atoms with E-state index < -0.39 is 10.8 Å². The Hall–Kier alpha value is -3.95. The molecule has 0 radical (unpaired) electrons. The summed E-state index contributed by atoms with van der Waals surface area (Å²) in [6.07, 6.45) is 0. The van der Waals surface area contributed by atoms with Crippen molar-refractivity contribution in [3.63, 3.8) is 0 Å². The van der Waals surface area contributed by atoms with E-state index in [0.29, 0.717) is 17.1 Å². The normalized spacial score (nSPS) is 10.4. The molecule has 1 N–H and O–H groups in total. The number of ether oxygens (including phenoxy) is 2. The van der Waals surface area contributed by atoms with Crippen molar-refractivity contribution in [2.75, 3.05) is 19.5 Å². The minimum absolute atomic E-state index is 0.114. The standard InChI is InChI=1S/C18H17N5O5/c1-11-17(20-21-22(11)12-5-4-6-14(9-12)27-2)18(24)19-15-8-7-13(23(25)26)10-16(15)28-3/h4-10H,1-3H3,(H,19,24). The molecule has 1 aromatic heterocycles. The van der Waals surface area contributed by atoms with Gasteiger partial charge in [0.1, 0.15) is 11.5 Å². The van der Waals surface area contributed by atoms with Gasteiger partial charge in [-0.25, -0.2) is 4.68 Å². The third-order valence-electron chi connectivity index (χ3n) is 4.05. The third-order valence-corrected chi connectivity index (χ3v) is 4.05. The molecule has 0 saturated heterocycles. The van der Waals surface area contributed by atoms with Gasteiger partial charge in [0.25, 0.3) is 11.6 Å². The van der Waals surface area contributed by atoms with E-state index in [2.05, 4.69) is 15.6 Å². The van der Waals surface area contributed by atoms with Crippen molar-refractivity contribution in [2.24, 2.45) is 0 Å². The van der Waals surface area contributed by atoms with Crippen molar-refractivity contribution in [2.45, 2.75) is 6.92 Å². The molecule has 1 amide bonds. The Morgan fingerprint density at radius 3 is 2.64 bits per heavy atom. The lowest BCUT2D eigenvalue weighted by Gasteiger charge is -2.09. The van der Waals surface area contributed by atoms with Crippen molar-refractivity contribution >= 4 is 17.3 Å². The number of methoxy groups -OCH3 is 2. The van der Waals surface area contributed by atoms with Crippen LogP contribution >= 0.6 is 0 Å². The van der Waals surface area contributed by atoms with E-state index in [1.165, 1.54) is 30.0 Å². The molecular formula is C18H17N5O5. The van der Waals surface area contributed by atoms with Gasteiger partial charge >= 0.3 is 0 Å². The van der Waals surface area contributed by atoms with Crippen LogP contribution in [0.2, 0.25) is 0 Å². The maximum atomic E-state index is 12.6. The molecule has 28 heavy (non-hydrogen) atoms. The van der Waals surface area contributed by atoms with Crippen LogP contribution in [0.5, 0.6) is 11.5 Å². The number of rotatable bonds is 6. The fourth-order valence-corrected chi connectivity index (χ4v) is 2.60. The van der Waals surface area contributed by atoms with Gasteiger partial charge in [0.2, 0.25) is 0 Å². The molecule has 0 bridgehead atoms. The number of anilines is 1. The smallest absolute Gasteiger partial charge is 0.278 e. The second-order valence-corrected chi connectivity index (χ2v) is 5.73. The first-order valence-electron chi connectivity index (χ1n) is 8.15. The predicted molar refractivity (Wildman–Crippen MR) is 100 cm³/mol. The zero-order chi connectivity index (χ0) is 20.3. The SMILES string of the molecule is COc1cccc(-n2nnc(C(=O)Nc3ccc([N+](=O)[O-])cc3OC)c2C)c1. The van der Waals surface area contributed by atoms with Gasteiger partial charge in [-0.15, -0.1) is 5.10 Å². The minimum Gasteiger partial charge on any atom is -0.497 e. The predicted octanol–water partition coefficient (Wildman–Crippen LogP) is 2.75. The molecule has 0 unspecified atom stereocenters. The quantitative estimate of drug-likeness (QED) is 0.513. The van der Waals surface area contributed by atoms with E-state index in [1.54, 1.807) is 32.2 Å². The first-order chi connectivity index (χ1) is 13.4. The van der Waals surface area contributed by atoms with E-state index in [1.807, 2.05) is 6.07 Å². The largest absolute Gasteiger partial charge is 0.497 e. The number of carbonyl (C=O) groups excluding carboxylic acids is 1. The molecule has 3 aromatic rings. The number of non-ortho nitro benzene ring substituents is 1. The summed E-state index contributed by atoms with van der Waals surface area (Å²) >= 11 is 0. The number of nitrogens with zero attached hydrogens (tertiary/aromatic N) is 4. The molecule has 0 fully saturated rings. The molecule has 0 aliphatic heterocycles. The van der Waals surface area contributed by atoms with E-state index in [0.717, 1.165) is 0 Å². The molecular weight excluding hydrogens is 366 g/mol. The Morgan fingerprint density at radius 2 is 1.96 bits per heavy atom. The van der Waals surface area contributed by atoms with Crippen LogP contribution in [-0.2, 0) is 0 Å². The summed E-state index contributed by atoms with van der Waals surface area (Å²) in [5.41, 5.74) is 1.47. The highest BCUT2D eigenvalue weighted by atomic mass is 16.6. The highest BCUT2D eigenvalue weighted by molar-refractivity contribution is 6.04. The van der Waals surface area contributed by atoms with Gasteiger partial charge in [-0.05, 0) is 25.1 Å². The van der Waals surface area contributed by atoms with Crippen molar-refractivity contribution in [1.29, 1.82) is 0 Å². The Kier molecular flexibility index (Phi) is 5.21. The van der Waals surface area contributed by atoms with Gasteiger partial charge in [-0.1, -0.05) is 11.3 Å². The van der Waals surface area contributed by atoms with E-state index >= 15 is 0 Å². The zero-order valence-electron chi connectivity index (χ0n) is 15.4. The number of carbonyl (C=O) groups is 1. The summed E-state index contributed by atoms with van der Waals surface area (Å²) in [4.78, 5) is 23.0. The summed E-state index contributed by atoms with van der Waals surface area (Å²) < 4.78 is 11.8. The monoisotopic (exact) mass is 383 g/mol. The number of nitrogens with one attached hydrogen (secondary N) is 1. The molecule has 0 aliphatic carbocycles. The Morgan fingerprint density at radius 1 is 1.18 bits per heavy atom. The van der Waals surface area contributed by atoms with E-state index in [4.69, 9.17) is 9.47 Å². The summed E-state index contributed by atoms with van der Waals surface area (Å²) in [5.74, 6) is 0.299. The van der Waals surface area contributed by atoms with Crippen LogP contribution in [0.4, 0.5) is 11.4 Å². The van der Waals surface area contributed by atoms with Gasteiger partial charge in [0.05, 0.1) is 42.3 Å². The number of benzene rings is 2. The molecule has 0 aliphatic rings. The number of aromatic nitrogens is 3. The number of nitro groups is 1. The molecule has 3 rings (SSSR count). The highest BCUT2D eigenvalue weighted by Gasteiger charge is 2.20. The van der Waals surface area contributed by atoms with Crippen LogP contribution in [-0.4, -0.2) is 40.0 Å². The molecule has 10 heteroatoms. The second-order valence-electron chi connectivity index (χ2n) is 5.73. The topological polar surface area (TPSA) is 121 Å². The summed E-state index contributed by atoms with van der Waals surface area (Å²) in [5, 5.41) is 21.5. The molecule has 0 saturated carbocycles. The second kappa shape index (κ2) is 7.74. The van der Waals surface area contributed by atoms with Crippen LogP contribution in [0.25, 0.3) is 5.69 Å². The van der Waals surface area contributed by atoms with Crippen molar-refractivity contribution in [1.82, 2.24) is 15.0 Å². The molecule has 0 spiro atoms. The number of amides is 1. The Labute approximate surface area is 159 Å². The van der Waals surface area contributed by atoms with Crippen LogP contribution in [0.1, 0.15) is 16.2 Å². The van der Waals surface area contributed by atoms with Gasteiger partial charge in [0.15, 0.2) is 5.69 Å². The van der Waals surface area contributed by atoms with Crippen LogP contribution < -0.4 is 14.8 Å². The third kappa shape index (κ3) is 3.61. The maximum Gasteiger partial charge on any atom is 0.278 e. The van der Waals surface area contributed by atoms with Crippen molar-refractivity contribution in [3.05, 3.63) is 64.0 Å². The summed E-state index contributed by atoms with van der Waals surface area (Å²) in [6, 6.07) is 11.1. The zero-order valence-corrected chi connectivity index (χ0v) is 15.4. The number of nitro benzene ring substituents is 1. The Bertz CT molecular complexity index is 1050. The lowest BCUT2D eigenvalue weighted by atomic mass is 10.2. The van der Waals surface area contributed by atoms with Gasteiger partial charge in [-0.3, -0.25) is 14.9 Å². The first kappa shape index (κ1) is 18.8. The molecule has 10 nitrogen and oxygen atoms in total. The van der Waals surface area contributed by atoms with E-state index in [9.17, 15) is 14.9 Å². The molecule has 0 atom stereocenters. The number of hydrogen-bond acceptors (Lipinski definition) is 7. The first-order valence-corrected chi connectivity index (χ1v) is 8.15. The van der Waals surface area contributed by atoms with Crippen LogP contribution in [0, 0.1) is 17.0 Å². The van der Waals surface area contributed by atoms with Gasteiger partial charge < -0.3 is 14.8 Å². The van der Waals surface area contributed by atoms with Crippen LogP contribution in [0.3, 0.4) is 0 Å². The number of hydrogen-bond donors (Lipinski definition) is 1. The van der Waals surface area contributed by atoms with Gasteiger partial charge in [-0.2, -0.15) is 0 Å². The molecule has 144 valence electrons. The lowest BCUT2D eigenvalue weighted by molar-refractivity contribution is -0.384. The Balaban J connectivity index is 1.88.